The van der Waals surface area contributed by atoms with Gasteiger partial charge in [-0.05, 0) is 17.8 Å². The Bertz CT molecular complexity index is 422. The summed E-state index contributed by atoms with van der Waals surface area (Å²) in [6, 6.07) is -0.498. The van der Waals surface area contributed by atoms with Crippen molar-refractivity contribution in [1.29, 1.82) is 0 Å². The molecule has 0 spiro atoms. The van der Waals surface area contributed by atoms with Crippen LogP contribution in [0.2, 0.25) is 0 Å². The molecule has 5 heteroatoms. The normalized spacial score (nSPS) is 17.4. The number of urea groups is 1. The average molecular weight is 296 g/mol. The van der Waals surface area contributed by atoms with Crippen LogP contribution in [0.1, 0.15) is 47.5 Å². The maximum atomic E-state index is 12.2. The van der Waals surface area contributed by atoms with Crippen LogP contribution in [0.25, 0.3) is 0 Å². The summed E-state index contributed by atoms with van der Waals surface area (Å²) in [6.45, 7) is 11.6. The van der Waals surface area contributed by atoms with Crippen LogP contribution in [0.4, 0.5) is 4.79 Å². The van der Waals surface area contributed by atoms with Gasteiger partial charge in [0.15, 0.2) is 0 Å². The van der Waals surface area contributed by atoms with Gasteiger partial charge in [-0.3, -0.25) is 4.79 Å². The van der Waals surface area contributed by atoms with E-state index in [1.807, 2.05) is 13.8 Å². The molecule has 2 amide bonds. The molecule has 1 aliphatic heterocycles. The molecule has 2 N–H and O–H groups in total. The van der Waals surface area contributed by atoms with E-state index in [9.17, 15) is 9.59 Å². The lowest BCUT2D eigenvalue weighted by atomic mass is 9.83. The standard InChI is InChI=1S/C16H28N2O3/c1-11(2)13(10-14(19)20)17-15(21)18-8-6-12(7-9-18)16(3,4)5/h6,11,13H,7-10H2,1-5H3,(H,17,21)(H,19,20). The third-order valence-electron chi connectivity index (χ3n) is 3.97. The fraction of sp³-hybridized carbons (Fsp3) is 0.750. The second kappa shape index (κ2) is 6.96. The van der Waals surface area contributed by atoms with E-state index in [2.05, 4.69) is 32.2 Å². The van der Waals surface area contributed by atoms with Crippen LogP contribution in [0.5, 0.6) is 0 Å². The number of aliphatic carboxylic acids is 1. The third kappa shape index (κ3) is 5.40. The van der Waals surface area contributed by atoms with Gasteiger partial charge in [0.25, 0.3) is 0 Å². The molecule has 1 heterocycles. The molecule has 120 valence electrons. The zero-order chi connectivity index (χ0) is 16.2. The summed E-state index contributed by atoms with van der Waals surface area (Å²) in [7, 11) is 0. The van der Waals surface area contributed by atoms with Gasteiger partial charge in [0.1, 0.15) is 0 Å². The Kier molecular flexibility index (Phi) is 5.81. The highest BCUT2D eigenvalue weighted by atomic mass is 16.4. The molecule has 1 atom stereocenters. The minimum absolute atomic E-state index is 0.0413. The van der Waals surface area contributed by atoms with E-state index in [0.29, 0.717) is 13.1 Å². The van der Waals surface area contributed by atoms with Crippen LogP contribution in [0, 0.1) is 11.3 Å². The first kappa shape index (κ1) is 17.5. The smallest absolute Gasteiger partial charge is 0.317 e. The Morgan fingerprint density at radius 2 is 2.00 bits per heavy atom. The van der Waals surface area contributed by atoms with Crippen molar-refractivity contribution in [2.24, 2.45) is 11.3 Å². The zero-order valence-corrected chi connectivity index (χ0v) is 13.8. The molecule has 1 unspecified atom stereocenters. The quantitative estimate of drug-likeness (QED) is 0.784. The highest BCUT2D eigenvalue weighted by Gasteiger charge is 2.26. The predicted molar refractivity (Wildman–Crippen MR) is 83.1 cm³/mol. The summed E-state index contributed by atoms with van der Waals surface area (Å²) in [5.41, 5.74) is 1.52. The summed E-state index contributed by atoms with van der Waals surface area (Å²) >= 11 is 0. The second-order valence-corrected chi connectivity index (χ2v) is 7.07. The fourth-order valence-electron chi connectivity index (χ4n) is 2.43. The zero-order valence-electron chi connectivity index (χ0n) is 13.8. The molecule has 1 rings (SSSR count). The highest BCUT2D eigenvalue weighted by Crippen LogP contribution is 2.30. The lowest BCUT2D eigenvalue weighted by molar-refractivity contribution is -0.137. The topological polar surface area (TPSA) is 69.6 Å². The number of hydrogen-bond donors (Lipinski definition) is 2. The number of carboxylic acid groups (broad SMARTS) is 1. The number of nitrogens with one attached hydrogen (secondary N) is 1. The van der Waals surface area contributed by atoms with E-state index in [-0.39, 0.29) is 29.8 Å². The Morgan fingerprint density at radius 3 is 2.38 bits per heavy atom. The van der Waals surface area contributed by atoms with E-state index in [1.165, 1.54) is 5.57 Å². The number of nitrogens with zero attached hydrogens (tertiary/aromatic N) is 1. The van der Waals surface area contributed by atoms with Crippen LogP contribution in [-0.4, -0.2) is 41.1 Å². The predicted octanol–water partition coefficient (Wildman–Crippen LogP) is 2.87. The molecule has 0 fully saturated rings. The van der Waals surface area contributed by atoms with Gasteiger partial charge in [-0.2, -0.15) is 0 Å². The van der Waals surface area contributed by atoms with Gasteiger partial charge in [0.2, 0.25) is 0 Å². The summed E-state index contributed by atoms with van der Waals surface area (Å²) in [5, 5.41) is 11.8. The van der Waals surface area contributed by atoms with Crippen molar-refractivity contribution < 1.29 is 14.7 Å². The summed E-state index contributed by atoms with van der Waals surface area (Å²) in [4.78, 5) is 24.8. The molecule has 0 saturated carbocycles. The minimum Gasteiger partial charge on any atom is -0.481 e. The van der Waals surface area contributed by atoms with E-state index in [4.69, 9.17) is 5.11 Å². The van der Waals surface area contributed by atoms with Crippen molar-refractivity contribution in [2.75, 3.05) is 13.1 Å². The molecule has 0 saturated heterocycles. The maximum absolute atomic E-state index is 12.2. The Labute approximate surface area is 127 Å². The number of rotatable bonds is 4. The average Bonchev–Trinajstić information content (AvgIpc) is 2.36. The van der Waals surface area contributed by atoms with E-state index < -0.39 is 5.97 Å². The van der Waals surface area contributed by atoms with Crippen molar-refractivity contribution in [3.05, 3.63) is 11.6 Å². The summed E-state index contributed by atoms with van der Waals surface area (Å²) in [5.74, 6) is -0.793. The molecule has 1 aliphatic rings. The van der Waals surface area contributed by atoms with Gasteiger partial charge in [-0.25, -0.2) is 4.79 Å². The number of carbonyl (C=O) groups is 2. The van der Waals surface area contributed by atoms with Crippen molar-refractivity contribution in [3.8, 4) is 0 Å². The molecule has 5 nitrogen and oxygen atoms in total. The van der Waals surface area contributed by atoms with Crippen molar-refractivity contribution in [3.63, 3.8) is 0 Å². The Hall–Kier alpha value is -1.52. The molecule has 0 aromatic rings. The summed E-state index contributed by atoms with van der Waals surface area (Å²) in [6.07, 6.45) is 2.95. The summed E-state index contributed by atoms with van der Waals surface area (Å²) < 4.78 is 0. The Morgan fingerprint density at radius 1 is 1.38 bits per heavy atom. The van der Waals surface area contributed by atoms with Gasteiger partial charge in [-0.1, -0.05) is 46.3 Å². The first-order valence-electron chi connectivity index (χ1n) is 7.58. The van der Waals surface area contributed by atoms with Crippen LogP contribution in [0.15, 0.2) is 11.6 Å². The van der Waals surface area contributed by atoms with E-state index in [1.54, 1.807) is 4.90 Å². The van der Waals surface area contributed by atoms with Crippen LogP contribution < -0.4 is 5.32 Å². The minimum atomic E-state index is -0.887. The van der Waals surface area contributed by atoms with Crippen molar-refractivity contribution >= 4 is 12.0 Å². The largest absolute Gasteiger partial charge is 0.481 e. The van der Waals surface area contributed by atoms with Gasteiger partial charge >= 0.3 is 12.0 Å². The van der Waals surface area contributed by atoms with Gasteiger partial charge < -0.3 is 15.3 Å². The van der Waals surface area contributed by atoms with Crippen LogP contribution in [-0.2, 0) is 4.79 Å². The van der Waals surface area contributed by atoms with E-state index >= 15 is 0 Å². The van der Waals surface area contributed by atoms with Crippen molar-refractivity contribution in [1.82, 2.24) is 10.2 Å². The van der Waals surface area contributed by atoms with Gasteiger partial charge in [0.05, 0.1) is 6.42 Å². The highest BCUT2D eigenvalue weighted by molar-refractivity contribution is 5.76. The number of carbonyl (C=O) groups excluding carboxylic acids is 1. The number of carboxylic acids is 1. The molecule has 0 aromatic heterocycles. The van der Waals surface area contributed by atoms with Gasteiger partial charge in [-0.15, -0.1) is 0 Å². The van der Waals surface area contributed by atoms with Crippen LogP contribution in [0.3, 0.4) is 0 Å². The third-order valence-corrected chi connectivity index (χ3v) is 3.97. The monoisotopic (exact) mass is 296 g/mol. The van der Waals surface area contributed by atoms with E-state index in [0.717, 1.165) is 6.42 Å². The Balaban J connectivity index is 2.61. The van der Waals surface area contributed by atoms with Gasteiger partial charge in [0, 0.05) is 19.1 Å². The number of hydrogen-bond acceptors (Lipinski definition) is 2. The molecule has 0 aromatic carbocycles. The molecule has 0 aliphatic carbocycles. The molecule has 0 bridgehead atoms. The first-order valence-corrected chi connectivity index (χ1v) is 7.58. The molecular weight excluding hydrogens is 268 g/mol. The lowest BCUT2D eigenvalue weighted by Gasteiger charge is -2.33. The lowest BCUT2D eigenvalue weighted by Crippen LogP contribution is -2.49. The second-order valence-electron chi connectivity index (χ2n) is 7.07. The number of amides is 2. The molecular formula is C16H28N2O3. The fourth-order valence-corrected chi connectivity index (χ4v) is 2.43. The first-order chi connectivity index (χ1) is 9.61. The SMILES string of the molecule is CC(C)C(CC(=O)O)NC(=O)N1CC=C(C(C)(C)C)CC1. The van der Waals surface area contributed by atoms with Crippen LogP contribution >= 0.6 is 0 Å². The maximum Gasteiger partial charge on any atom is 0.317 e. The molecule has 21 heavy (non-hydrogen) atoms. The van der Waals surface area contributed by atoms with Crippen molar-refractivity contribution in [2.45, 2.75) is 53.5 Å². The molecule has 0 radical (unpaired) electrons.